The number of allylic oxidation sites excluding steroid dienone is 1. The maximum absolute atomic E-state index is 12.3. The van der Waals surface area contributed by atoms with Crippen LogP contribution in [-0.4, -0.2) is 47.7 Å². The summed E-state index contributed by atoms with van der Waals surface area (Å²) >= 11 is 0. The fourth-order valence-electron chi connectivity index (χ4n) is 2.95. The van der Waals surface area contributed by atoms with E-state index >= 15 is 0 Å². The molecule has 140 valence electrons. The van der Waals surface area contributed by atoms with Gasteiger partial charge >= 0.3 is 0 Å². The van der Waals surface area contributed by atoms with Crippen LogP contribution in [0.25, 0.3) is 0 Å². The summed E-state index contributed by atoms with van der Waals surface area (Å²) in [7, 11) is 0. The second kappa shape index (κ2) is 9.73. The third-order valence-electron chi connectivity index (χ3n) is 4.33. The molecule has 1 saturated heterocycles. The number of hydrogen-bond donors (Lipinski definition) is 1. The lowest BCUT2D eigenvalue weighted by molar-refractivity contribution is -0.125. The Bertz CT molecular complexity index is 591. The Hall–Kier alpha value is -1.66. The van der Waals surface area contributed by atoms with E-state index in [4.69, 9.17) is 9.47 Å². The first kappa shape index (κ1) is 19.7. The molecule has 2 atom stereocenters. The van der Waals surface area contributed by atoms with Gasteiger partial charge in [-0.05, 0) is 46.6 Å². The van der Waals surface area contributed by atoms with Gasteiger partial charge in [-0.25, -0.2) is 0 Å². The zero-order chi connectivity index (χ0) is 18.2. The summed E-state index contributed by atoms with van der Waals surface area (Å²) in [6, 6.07) is 2.08. The number of hydrogen-bond acceptors (Lipinski definition) is 4. The van der Waals surface area contributed by atoms with Gasteiger partial charge in [-0.2, -0.15) is 5.10 Å². The molecule has 0 spiro atoms. The van der Waals surface area contributed by atoms with Gasteiger partial charge in [-0.15, -0.1) is 0 Å². The highest BCUT2D eigenvalue weighted by Gasteiger charge is 2.27. The standard InChI is InChI=1S/C19H31N3O3/c1-14(2)7-11-25-18-13-24-10-8-17(18)20-19(23)6-5-9-22-16(4)12-15(3)21-22/h7,12,17-18H,5-6,8-11,13H2,1-4H3,(H,20,23)/t17-,18-/m1/s1. The first-order valence-corrected chi connectivity index (χ1v) is 9.09. The van der Waals surface area contributed by atoms with Gasteiger partial charge in [0.1, 0.15) is 6.10 Å². The molecule has 1 aliphatic heterocycles. The van der Waals surface area contributed by atoms with E-state index in [1.165, 1.54) is 5.57 Å². The molecule has 1 aromatic rings. The molecule has 2 heterocycles. The third-order valence-corrected chi connectivity index (χ3v) is 4.33. The summed E-state index contributed by atoms with van der Waals surface area (Å²) in [5, 5.41) is 7.54. The number of aryl methyl sites for hydroxylation is 3. The molecule has 1 aromatic heterocycles. The second-order valence-electron chi connectivity index (χ2n) is 6.94. The van der Waals surface area contributed by atoms with E-state index in [0.29, 0.717) is 26.2 Å². The van der Waals surface area contributed by atoms with E-state index in [9.17, 15) is 4.79 Å². The van der Waals surface area contributed by atoms with Crippen LogP contribution in [0.15, 0.2) is 17.7 Å². The van der Waals surface area contributed by atoms with Crippen molar-refractivity contribution in [1.29, 1.82) is 0 Å². The van der Waals surface area contributed by atoms with Crippen molar-refractivity contribution in [1.82, 2.24) is 15.1 Å². The number of amides is 1. The zero-order valence-electron chi connectivity index (χ0n) is 15.9. The SMILES string of the molecule is CC(C)=CCO[C@@H]1COCC[C@H]1NC(=O)CCCn1nc(C)cc1C. The molecule has 0 unspecified atom stereocenters. The highest BCUT2D eigenvalue weighted by atomic mass is 16.5. The van der Waals surface area contributed by atoms with Gasteiger partial charge in [-0.1, -0.05) is 11.6 Å². The molecule has 1 N–H and O–H groups in total. The van der Waals surface area contributed by atoms with Crippen molar-refractivity contribution < 1.29 is 14.3 Å². The van der Waals surface area contributed by atoms with Gasteiger partial charge in [0.2, 0.25) is 5.91 Å². The Balaban J connectivity index is 1.75. The average Bonchev–Trinajstić information content (AvgIpc) is 2.86. The van der Waals surface area contributed by atoms with E-state index in [1.807, 2.05) is 38.5 Å². The molecular formula is C19H31N3O3. The van der Waals surface area contributed by atoms with Crippen molar-refractivity contribution in [2.75, 3.05) is 19.8 Å². The van der Waals surface area contributed by atoms with E-state index in [0.717, 1.165) is 30.8 Å². The number of nitrogens with one attached hydrogen (secondary N) is 1. The van der Waals surface area contributed by atoms with Crippen LogP contribution >= 0.6 is 0 Å². The second-order valence-corrected chi connectivity index (χ2v) is 6.94. The summed E-state index contributed by atoms with van der Waals surface area (Å²) < 4.78 is 13.3. The minimum Gasteiger partial charge on any atom is -0.379 e. The summed E-state index contributed by atoms with van der Waals surface area (Å²) in [5.74, 6) is 0.0734. The Kier molecular flexibility index (Phi) is 7.65. The van der Waals surface area contributed by atoms with E-state index in [-0.39, 0.29) is 18.1 Å². The molecular weight excluding hydrogens is 318 g/mol. The van der Waals surface area contributed by atoms with Crippen molar-refractivity contribution in [3.05, 3.63) is 29.1 Å². The Morgan fingerprint density at radius 2 is 2.28 bits per heavy atom. The quantitative estimate of drug-likeness (QED) is 0.733. The van der Waals surface area contributed by atoms with Crippen molar-refractivity contribution in [3.8, 4) is 0 Å². The monoisotopic (exact) mass is 349 g/mol. The number of aromatic nitrogens is 2. The van der Waals surface area contributed by atoms with Crippen LogP contribution in [0.3, 0.4) is 0 Å². The first-order chi connectivity index (χ1) is 12.0. The summed E-state index contributed by atoms with van der Waals surface area (Å²) in [6.45, 7) is 10.6. The molecule has 6 nitrogen and oxygen atoms in total. The predicted octanol–water partition coefficient (Wildman–Crippen LogP) is 2.54. The van der Waals surface area contributed by atoms with Gasteiger partial charge in [0.25, 0.3) is 0 Å². The van der Waals surface area contributed by atoms with Crippen LogP contribution in [0.5, 0.6) is 0 Å². The summed E-state index contributed by atoms with van der Waals surface area (Å²) in [4.78, 5) is 12.3. The fraction of sp³-hybridized carbons (Fsp3) is 0.684. The molecule has 1 amide bonds. The molecule has 6 heteroatoms. The Morgan fingerprint density at radius 3 is 2.96 bits per heavy atom. The number of ether oxygens (including phenoxy) is 2. The number of rotatable bonds is 8. The van der Waals surface area contributed by atoms with Crippen molar-refractivity contribution in [2.45, 2.75) is 65.6 Å². The zero-order valence-corrected chi connectivity index (χ0v) is 15.9. The molecule has 0 aliphatic carbocycles. The molecule has 0 bridgehead atoms. The average molecular weight is 349 g/mol. The van der Waals surface area contributed by atoms with Crippen molar-refractivity contribution in [3.63, 3.8) is 0 Å². The lowest BCUT2D eigenvalue weighted by atomic mass is 10.1. The molecule has 25 heavy (non-hydrogen) atoms. The normalized spacial score (nSPS) is 20.3. The summed E-state index contributed by atoms with van der Waals surface area (Å²) in [6.07, 6.45) is 4.03. The van der Waals surface area contributed by atoms with E-state index in [1.54, 1.807) is 0 Å². The van der Waals surface area contributed by atoms with Crippen LogP contribution in [0.4, 0.5) is 0 Å². The predicted molar refractivity (Wildman–Crippen MR) is 97.5 cm³/mol. The van der Waals surface area contributed by atoms with Gasteiger partial charge < -0.3 is 14.8 Å². The highest BCUT2D eigenvalue weighted by Crippen LogP contribution is 2.13. The molecule has 1 aliphatic rings. The topological polar surface area (TPSA) is 65.4 Å². The Labute approximate surface area is 150 Å². The molecule has 0 saturated carbocycles. The third kappa shape index (κ3) is 6.63. The van der Waals surface area contributed by atoms with Crippen LogP contribution in [0.2, 0.25) is 0 Å². The van der Waals surface area contributed by atoms with Gasteiger partial charge in [-0.3, -0.25) is 9.48 Å². The number of nitrogens with zero attached hydrogens (tertiary/aromatic N) is 2. The maximum atomic E-state index is 12.3. The maximum Gasteiger partial charge on any atom is 0.220 e. The van der Waals surface area contributed by atoms with Crippen LogP contribution in [0, 0.1) is 13.8 Å². The number of carbonyl (C=O) groups excluding carboxylic acids is 1. The number of carbonyl (C=O) groups is 1. The molecule has 1 fully saturated rings. The highest BCUT2D eigenvalue weighted by molar-refractivity contribution is 5.76. The van der Waals surface area contributed by atoms with Gasteiger partial charge in [0.05, 0.1) is 24.9 Å². The van der Waals surface area contributed by atoms with Gasteiger partial charge in [0, 0.05) is 25.3 Å². The molecule has 0 aromatic carbocycles. The lowest BCUT2D eigenvalue weighted by Crippen LogP contribution is -2.50. The minimum atomic E-state index is -0.0793. The van der Waals surface area contributed by atoms with Crippen molar-refractivity contribution >= 4 is 5.91 Å². The van der Waals surface area contributed by atoms with Crippen LogP contribution < -0.4 is 5.32 Å². The Morgan fingerprint density at radius 1 is 1.48 bits per heavy atom. The molecule has 0 radical (unpaired) electrons. The molecule has 2 rings (SSSR count). The van der Waals surface area contributed by atoms with Gasteiger partial charge in [0.15, 0.2) is 0 Å². The smallest absolute Gasteiger partial charge is 0.220 e. The summed E-state index contributed by atoms with van der Waals surface area (Å²) in [5.41, 5.74) is 3.37. The van der Waals surface area contributed by atoms with Crippen molar-refractivity contribution in [2.24, 2.45) is 0 Å². The van der Waals surface area contributed by atoms with Crippen LogP contribution in [0.1, 0.15) is 44.5 Å². The van der Waals surface area contributed by atoms with E-state index < -0.39 is 0 Å². The van der Waals surface area contributed by atoms with Crippen LogP contribution in [-0.2, 0) is 20.8 Å². The minimum absolute atomic E-state index is 0.0282. The largest absolute Gasteiger partial charge is 0.379 e. The van der Waals surface area contributed by atoms with E-state index in [2.05, 4.69) is 16.5 Å². The fourth-order valence-corrected chi connectivity index (χ4v) is 2.95. The first-order valence-electron chi connectivity index (χ1n) is 9.09. The lowest BCUT2D eigenvalue weighted by Gasteiger charge is -2.32.